The first-order valence-corrected chi connectivity index (χ1v) is 8.25. The summed E-state index contributed by atoms with van der Waals surface area (Å²) in [7, 11) is 1.66. The van der Waals surface area contributed by atoms with Crippen molar-refractivity contribution in [1.82, 2.24) is 15.1 Å². The minimum Gasteiger partial charge on any atom is -0.497 e. The predicted octanol–water partition coefficient (Wildman–Crippen LogP) is 0.500. The number of piperazine rings is 1. The minimum absolute atomic E-state index is 0.170. The van der Waals surface area contributed by atoms with Crippen molar-refractivity contribution in [3.63, 3.8) is 0 Å². The molecule has 2 aliphatic heterocycles. The molecule has 1 aromatic carbocycles. The highest BCUT2D eigenvalue weighted by Crippen LogP contribution is 2.27. The summed E-state index contributed by atoms with van der Waals surface area (Å²) in [6, 6.07) is 7.62. The van der Waals surface area contributed by atoms with E-state index in [-0.39, 0.29) is 11.9 Å². The van der Waals surface area contributed by atoms with E-state index in [0.717, 1.165) is 37.5 Å². The van der Waals surface area contributed by atoms with Crippen LogP contribution in [0.3, 0.4) is 0 Å². The summed E-state index contributed by atoms with van der Waals surface area (Å²) < 4.78 is 10.7. The highest BCUT2D eigenvalue weighted by Gasteiger charge is 2.32. The molecule has 0 saturated carbocycles. The topological polar surface area (TPSA) is 54.0 Å². The van der Waals surface area contributed by atoms with E-state index in [1.165, 1.54) is 0 Å². The van der Waals surface area contributed by atoms with Crippen molar-refractivity contribution in [2.45, 2.75) is 6.04 Å². The zero-order valence-electron chi connectivity index (χ0n) is 13.7. The maximum Gasteiger partial charge on any atom is 0.244 e. The van der Waals surface area contributed by atoms with Gasteiger partial charge in [-0.05, 0) is 17.7 Å². The van der Waals surface area contributed by atoms with Crippen LogP contribution in [0.15, 0.2) is 24.3 Å². The Morgan fingerprint density at radius 1 is 1.22 bits per heavy atom. The summed E-state index contributed by atoms with van der Waals surface area (Å²) >= 11 is 0. The SMILES string of the molecule is COc1cccc(C(C(=O)N2CCOCC2)N2CCNCC2)c1. The second-order valence-electron chi connectivity index (χ2n) is 5.90. The van der Waals surface area contributed by atoms with Crippen LogP contribution in [0.25, 0.3) is 0 Å². The quantitative estimate of drug-likeness (QED) is 0.876. The molecular formula is C17H25N3O3. The van der Waals surface area contributed by atoms with Crippen LogP contribution in [0.2, 0.25) is 0 Å². The van der Waals surface area contributed by atoms with Crippen LogP contribution >= 0.6 is 0 Å². The van der Waals surface area contributed by atoms with Crippen LogP contribution in [0.1, 0.15) is 11.6 Å². The summed E-state index contributed by atoms with van der Waals surface area (Å²) in [6.45, 7) is 6.16. The molecule has 0 aromatic heterocycles. The van der Waals surface area contributed by atoms with Gasteiger partial charge in [-0.3, -0.25) is 9.69 Å². The first kappa shape index (κ1) is 16.2. The first-order valence-electron chi connectivity index (χ1n) is 8.25. The van der Waals surface area contributed by atoms with Crippen molar-refractivity contribution < 1.29 is 14.3 Å². The summed E-state index contributed by atoms with van der Waals surface area (Å²) in [5, 5.41) is 3.35. The maximum atomic E-state index is 13.2. The molecular weight excluding hydrogens is 294 g/mol. The van der Waals surface area contributed by atoms with E-state index in [1.54, 1.807) is 7.11 Å². The molecule has 0 aliphatic carbocycles. The molecule has 0 spiro atoms. The Morgan fingerprint density at radius 2 is 1.96 bits per heavy atom. The number of morpholine rings is 1. The van der Waals surface area contributed by atoms with Crippen LogP contribution in [-0.4, -0.2) is 75.3 Å². The molecule has 1 N–H and O–H groups in total. The Bertz CT molecular complexity index is 526. The molecule has 6 nitrogen and oxygen atoms in total. The van der Waals surface area contributed by atoms with E-state index in [0.29, 0.717) is 26.3 Å². The van der Waals surface area contributed by atoms with Crippen LogP contribution in [0.4, 0.5) is 0 Å². The number of hydrogen-bond donors (Lipinski definition) is 1. The smallest absolute Gasteiger partial charge is 0.244 e. The molecule has 2 fully saturated rings. The Balaban J connectivity index is 1.86. The van der Waals surface area contributed by atoms with Crippen molar-refractivity contribution in [3.8, 4) is 5.75 Å². The maximum absolute atomic E-state index is 13.2. The standard InChI is InChI=1S/C17H25N3O3/c1-22-15-4-2-3-14(13-15)16(19-7-5-18-6-8-19)17(21)20-9-11-23-12-10-20/h2-4,13,16,18H,5-12H2,1H3. The van der Waals surface area contributed by atoms with Crippen LogP contribution < -0.4 is 10.1 Å². The van der Waals surface area contributed by atoms with Gasteiger partial charge in [0.15, 0.2) is 0 Å². The van der Waals surface area contributed by atoms with Crippen LogP contribution in [0.5, 0.6) is 5.75 Å². The molecule has 126 valence electrons. The average Bonchev–Trinajstić information content (AvgIpc) is 2.64. The predicted molar refractivity (Wildman–Crippen MR) is 87.6 cm³/mol. The average molecular weight is 319 g/mol. The molecule has 1 unspecified atom stereocenters. The van der Waals surface area contributed by atoms with Gasteiger partial charge in [-0.15, -0.1) is 0 Å². The van der Waals surface area contributed by atoms with Gasteiger partial charge in [0.2, 0.25) is 5.91 Å². The third-order valence-electron chi connectivity index (χ3n) is 4.48. The lowest BCUT2D eigenvalue weighted by Crippen LogP contribution is -2.52. The zero-order chi connectivity index (χ0) is 16.1. The van der Waals surface area contributed by atoms with E-state index >= 15 is 0 Å². The number of hydrogen-bond acceptors (Lipinski definition) is 5. The molecule has 1 atom stereocenters. The highest BCUT2D eigenvalue weighted by atomic mass is 16.5. The third kappa shape index (κ3) is 3.83. The molecule has 3 rings (SSSR count). The lowest BCUT2D eigenvalue weighted by Gasteiger charge is -2.38. The van der Waals surface area contributed by atoms with Crippen LogP contribution in [0, 0.1) is 0 Å². The minimum atomic E-state index is -0.245. The molecule has 2 saturated heterocycles. The molecule has 6 heteroatoms. The van der Waals surface area contributed by atoms with Crippen molar-refractivity contribution in [2.24, 2.45) is 0 Å². The molecule has 0 bridgehead atoms. The first-order chi connectivity index (χ1) is 11.3. The van der Waals surface area contributed by atoms with Gasteiger partial charge in [0.05, 0.1) is 20.3 Å². The fourth-order valence-corrected chi connectivity index (χ4v) is 3.22. The summed E-state index contributed by atoms with van der Waals surface area (Å²) in [4.78, 5) is 17.4. The molecule has 1 aromatic rings. The van der Waals surface area contributed by atoms with Gasteiger partial charge in [0.25, 0.3) is 0 Å². The fraction of sp³-hybridized carbons (Fsp3) is 0.588. The van der Waals surface area contributed by atoms with Gasteiger partial charge in [-0.2, -0.15) is 0 Å². The highest BCUT2D eigenvalue weighted by molar-refractivity contribution is 5.83. The number of rotatable bonds is 4. The Hall–Kier alpha value is -1.63. The van der Waals surface area contributed by atoms with Crippen molar-refractivity contribution in [3.05, 3.63) is 29.8 Å². The van der Waals surface area contributed by atoms with Gasteiger partial charge in [0.1, 0.15) is 11.8 Å². The normalized spacial score (nSPS) is 21.0. The Kier molecular flexibility index (Phi) is 5.48. The molecule has 2 heterocycles. The van der Waals surface area contributed by atoms with Crippen molar-refractivity contribution in [2.75, 3.05) is 59.6 Å². The number of carbonyl (C=O) groups excluding carboxylic acids is 1. The summed E-state index contributed by atoms with van der Waals surface area (Å²) in [6.07, 6.45) is 0. The second kappa shape index (κ2) is 7.77. The molecule has 23 heavy (non-hydrogen) atoms. The number of nitrogens with zero attached hydrogens (tertiary/aromatic N) is 2. The fourth-order valence-electron chi connectivity index (χ4n) is 3.22. The number of benzene rings is 1. The summed E-state index contributed by atoms with van der Waals surface area (Å²) in [5.74, 6) is 0.959. The number of amides is 1. The lowest BCUT2D eigenvalue weighted by molar-refractivity contribution is -0.141. The van der Waals surface area contributed by atoms with Gasteiger partial charge >= 0.3 is 0 Å². The van der Waals surface area contributed by atoms with E-state index in [1.807, 2.05) is 29.2 Å². The number of carbonyl (C=O) groups is 1. The largest absolute Gasteiger partial charge is 0.497 e. The third-order valence-corrected chi connectivity index (χ3v) is 4.48. The Labute approximate surface area is 137 Å². The van der Waals surface area contributed by atoms with Crippen molar-refractivity contribution >= 4 is 5.91 Å². The van der Waals surface area contributed by atoms with E-state index < -0.39 is 0 Å². The summed E-state index contributed by atoms with van der Waals surface area (Å²) in [5.41, 5.74) is 1.00. The Morgan fingerprint density at radius 3 is 2.65 bits per heavy atom. The molecule has 1 amide bonds. The molecule has 0 radical (unpaired) electrons. The van der Waals surface area contributed by atoms with Gasteiger partial charge < -0.3 is 19.7 Å². The molecule has 2 aliphatic rings. The van der Waals surface area contributed by atoms with E-state index in [2.05, 4.69) is 10.2 Å². The number of methoxy groups -OCH3 is 1. The second-order valence-corrected chi connectivity index (χ2v) is 5.90. The lowest BCUT2D eigenvalue weighted by atomic mass is 10.0. The van der Waals surface area contributed by atoms with Gasteiger partial charge in [0, 0.05) is 39.3 Å². The number of ether oxygens (including phenoxy) is 2. The van der Waals surface area contributed by atoms with E-state index in [4.69, 9.17) is 9.47 Å². The van der Waals surface area contributed by atoms with Gasteiger partial charge in [-0.1, -0.05) is 12.1 Å². The van der Waals surface area contributed by atoms with Gasteiger partial charge in [-0.25, -0.2) is 0 Å². The monoisotopic (exact) mass is 319 g/mol. The number of nitrogens with one attached hydrogen (secondary N) is 1. The van der Waals surface area contributed by atoms with E-state index in [9.17, 15) is 4.79 Å². The zero-order valence-corrected chi connectivity index (χ0v) is 13.7. The van der Waals surface area contributed by atoms with Crippen molar-refractivity contribution in [1.29, 1.82) is 0 Å². The van der Waals surface area contributed by atoms with Crippen LogP contribution in [-0.2, 0) is 9.53 Å².